The van der Waals surface area contributed by atoms with Gasteiger partial charge in [0.05, 0.1) is 25.1 Å². The summed E-state index contributed by atoms with van der Waals surface area (Å²) in [6.07, 6.45) is -0.0198. The summed E-state index contributed by atoms with van der Waals surface area (Å²) in [4.78, 5) is 22.2. The molecule has 2 saturated carbocycles. The van der Waals surface area contributed by atoms with Crippen molar-refractivity contribution in [3.8, 4) is 0 Å². The first kappa shape index (κ1) is 12.7. The van der Waals surface area contributed by atoms with Crippen LogP contribution in [0.5, 0.6) is 0 Å². The Hall–Kier alpha value is -1.97. The quantitative estimate of drug-likeness (QED) is 0.428. The van der Waals surface area contributed by atoms with Crippen LogP contribution in [0, 0.1) is 11.3 Å². The molecule has 0 bridgehead atoms. The van der Waals surface area contributed by atoms with E-state index in [9.17, 15) is 20.1 Å². The maximum atomic E-state index is 11.8. The van der Waals surface area contributed by atoms with E-state index in [1.165, 1.54) is 6.33 Å². The summed E-state index contributed by atoms with van der Waals surface area (Å²) in [5.41, 5.74) is 4.85. The van der Waals surface area contributed by atoms with Crippen LogP contribution >= 0.6 is 0 Å². The number of hydrogen-bond acceptors (Lipinski definition) is 7. The van der Waals surface area contributed by atoms with E-state index >= 15 is 0 Å². The molecule has 2 aliphatic carbocycles. The van der Waals surface area contributed by atoms with Crippen LogP contribution in [-0.2, 0) is 0 Å². The fourth-order valence-corrected chi connectivity index (χ4v) is 3.71. The Morgan fingerprint density at radius 3 is 2.95 bits per heavy atom. The Morgan fingerprint density at radius 1 is 1.52 bits per heavy atom. The lowest BCUT2D eigenvalue weighted by Crippen LogP contribution is -2.35. The van der Waals surface area contributed by atoms with E-state index < -0.39 is 29.2 Å². The molecule has 0 aromatic carbocycles. The molecule has 21 heavy (non-hydrogen) atoms. The zero-order valence-electron chi connectivity index (χ0n) is 11.0. The fourth-order valence-electron chi connectivity index (χ4n) is 3.71. The molecule has 6 N–H and O–H groups in total. The monoisotopic (exact) mass is 293 g/mol. The first-order chi connectivity index (χ1) is 9.99. The number of anilines is 1. The Morgan fingerprint density at radius 2 is 2.29 bits per heavy atom. The number of imidazole rings is 1. The molecule has 9 nitrogen and oxygen atoms in total. The summed E-state index contributed by atoms with van der Waals surface area (Å²) in [6.45, 7) is -0.185. The number of rotatable bonds is 2. The third-order valence-corrected chi connectivity index (χ3v) is 4.92. The van der Waals surface area contributed by atoms with Gasteiger partial charge in [0.1, 0.15) is 6.10 Å². The number of nitrogens with one attached hydrogen (secondary N) is 1. The van der Waals surface area contributed by atoms with E-state index in [1.54, 1.807) is 4.57 Å². The van der Waals surface area contributed by atoms with Crippen LogP contribution < -0.4 is 11.3 Å². The van der Waals surface area contributed by atoms with E-state index in [4.69, 9.17) is 5.73 Å². The molecule has 0 aliphatic heterocycles. The van der Waals surface area contributed by atoms with Gasteiger partial charge in [-0.15, -0.1) is 0 Å². The number of hydrogen-bond donors (Lipinski definition) is 5. The lowest BCUT2D eigenvalue weighted by Gasteiger charge is -2.23. The van der Waals surface area contributed by atoms with Crippen LogP contribution in [0.2, 0.25) is 0 Å². The maximum Gasteiger partial charge on any atom is 0.280 e. The van der Waals surface area contributed by atoms with Crippen molar-refractivity contribution in [1.29, 1.82) is 0 Å². The third-order valence-electron chi connectivity index (χ3n) is 4.92. The first-order valence-electron chi connectivity index (χ1n) is 6.69. The highest BCUT2D eigenvalue weighted by atomic mass is 16.3. The van der Waals surface area contributed by atoms with Crippen molar-refractivity contribution in [1.82, 2.24) is 19.5 Å². The molecule has 0 spiro atoms. The number of nitrogen functional groups attached to an aromatic ring is 1. The minimum Gasteiger partial charge on any atom is -0.396 e. The molecule has 0 amide bonds. The van der Waals surface area contributed by atoms with Crippen LogP contribution in [0.3, 0.4) is 0 Å². The second-order valence-electron chi connectivity index (χ2n) is 5.90. The van der Waals surface area contributed by atoms with Gasteiger partial charge in [-0.05, 0) is 12.3 Å². The van der Waals surface area contributed by atoms with Crippen LogP contribution in [0.4, 0.5) is 5.95 Å². The van der Waals surface area contributed by atoms with E-state index in [0.717, 1.165) is 0 Å². The van der Waals surface area contributed by atoms with Crippen molar-refractivity contribution < 1.29 is 15.3 Å². The number of H-pyrrole nitrogens is 1. The molecule has 2 aliphatic rings. The van der Waals surface area contributed by atoms with Gasteiger partial charge in [-0.3, -0.25) is 9.78 Å². The number of nitrogens with zero attached hydrogens (tertiary/aromatic N) is 3. The SMILES string of the molecule is Nc1nc2c(ncn2[C@H]2[C@H](O)[C@H](O)[C@@]3(CO)C[C@@H]23)c(=O)[nH]1. The zero-order valence-corrected chi connectivity index (χ0v) is 11.0. The minimum atomic E-state index is -1.05. The standard InChI is InChI=1S/C12H15N5O4/c13-11-15-9-5(10(21)16-11)14-3-17(9)6-4-1-12(4,2-18)8(20)7(6)19/h3-4,6-8,18-20H,1-2H2,(H3,13,15,16,21)/t4-,6+,7-,8-,12+/m0/s1. The van der Waals surface area contributed by atoms with Gasteiger partial charge in [0.2, 0.25) is 5.95 Å². The lowest BCUT2D eigenvalue weighted by atomic mass is 10.0. The molecular weight excluding hydrogens is 278 g/mol. The first-order valence-corrected chi connectivity index (χ1v) is 6.69. The van der Waals surface area contributed by atoms with Crippen molar-refractivity contribution in [2.75, 3.05) is 12.3 Å². The van der Waals surface area contributed by atoms with E-state index in [-0.39, 0.29) is 29.6 Å². The Bertz CT molecular complexity index is 786. The van der Waals surface area contributed by atoms with Gasteiger partial charge in [-0.25, -0.2) is 4.98 Å². The van der Waals surface area contributed by atoms with Gasteiger partial charge in [0.15, 0.2) is 11.2 Å². The summed E-state index contributed by atoms with van der Waals surface area (Å²) >= 11 is 0. The second kappa shape index (κ2) is 3.81. The summed E-state index contributed by atoms with van der Waals surface area (Å²) in [7, 11) is 0. The van der Waals surface area contributed by atoms with Crippen molar-refractivity contribution in [2.24, 2.45) is 11.3 Å². The summed E-state index contributed by atoms with van der Waals surface area (Å²) in [5.74, 6) is -0.112. The van der Waals surface area contributed by atoms with Gasteiger partial charge >= 0.3 is 0 Å². The molecule has 0 radical (unpaired) electrons. The average molecular weight is 293 g/mol. The average Bonchev–Trinajstić information content (AvgIpc) is 2.97. The van der Waals surface area contributed by atoms with Crippen LogP contribution in [0.15, 0.2) is 11.1 Å². The summed E-state index contributed by atoms with van der Waals surface area (Å²) in [5, 5.41) is 29.9. The van der Waals surface area contributed by atoms with Gasteiger partial charge in [-0.1, -0.05) is 0 Å². The Balaban J connectivity index is 1.87. The van der Waals surface area contributed by atoms with E-state index in [2.05, 4.69) is 15.0 Å². The molecule has 2 aromatic rings. The zero-order chi connectivity index (χ0) is 14.9. The lowest BCUT2D eigenvalue weighted by molar-refractivity contribution is -0.0300. The summed E-state index contributed by atoms with van der Waals surface area (Å²) in [6, 6.07) is -0.481. The van der Waals surface area contributed by atoms with Crippen molar-refractivity contribution in [3.05, 3.63) is 16.7 Å². The maximum absolute atomic E-state index is 11.8. The van der Waals surface area contributed by atoms with Crippen molar-refractivity contribution in [3.63, 3.8) is 0 Å². The molecule has 4 rings (SSSR count). The Kier molecular flexibility index (Phi) is 2.31. The number of nitrogens with two attached hydrogens (primary N) is 1. The molecule has 9 heteroatoms. The van der Waals surface area contributed by atoms with Crippen molar-refractivity contribution >= 4 is 17.1 Å². The van der Waals surface area contributed by atoms with Crippen LogP contribution in [-0.4, -0.2) is 53.7 Å². The minimum absolute atomic E-state index is 0.0356. The molecule has 5 atom stereocenters. The smallest absolute Gasteiger partial charge is 0.280 e. The Labute approximate surface area is 118 Å². The number of aliphatic hydroxyl groups excluding tert-OH is 3. The molecule has 0 saturated heterocycles. The largest absolute Gasteiger partial charge is 0.396 e. The van der Waals surface area contributed by atoms with Gasteiger partial charge in [0, 0.05) is 5.41 Å². The normalized spacial score (nSPS) is 37.9. The van der Waals surface area contributed by atoms with Crippen LogP contribution in [0.1, 0.15) is 12.5 Å². The van der Waals surface area contributed by atoms with E-state index in [0.29, 0.717) is 6.42 Å². The van der Waals surface area contributed by atoms with Gasteiger partial charge < -0.3 is 25.6 Å². The molecule has 2 aromatic heterocycles. The topological polar surface area (TPSA) is 150 Å². The number of aromatic nitrogens is 4. The molecule has 2 heterocycles. The fraction of sp³-hybridized carbons (Fsp3) is 0.583. The van der Waals surface area contributed by atoms with Crippen molar-refractivity contribution in [2.45, 2.75) is 24.7 Å². The molecule has 0 unspecified atom stereocenters. The number of fused-ring (bicyclic) bond motifs is 2. The number of aliphatic hydroxyl groups is 3. The molecule has 2 fully saturated rings. The highest BCUT2D eigenvalue weighted by molar-refractivity contribution is 5.70. The second-order valence-corrected chi connectivity index (χ2v) is 5.90. The van der Waals surface area contributed by atoms with Crippen LogP contribution in [0.25, 0.3) is 11.2 Å². The summed E-state index contributed by atoms with van der Waals surface area (Å²) < 4.78 is 1.57. The third kappa shape index (κ3) is 1.42. The predicted molar refractivity (Wildman–Crippen MR) is 71.2 cm³/mol. The molecular formula is C12H15N5O4. The number of aromatic amines is 1. The highest BCUT2D eigenvalue weighted by Crippen LogP contribution is 2.67. The predicted octanol–water partition coefficient (Wildman–Crippen LogP) is -2.02. The van der Waals surface area contributed by atoms with E-state index in [1.807, 2.05) is 0 Å². The van der Waals surface area contributed by atoms with Gasteiger partial charge in [0.25, 0.3) is 5.56 Å². The highest BCUT2D eigenvalue weighted by Gasteiger charge is 2.71. The molecule has 112 valence electrons. The van der Waals surface area contributed by atoms with Gasteiger partial charge in [-0.2, -0.15) is 4.98 Å².